The molecule has 0 aliphatic carbocycles. The second kappa shape index (κ2) is 9.11. The van der Waals surface area contributed by atoms with Crippen molar-refractivity contribution in [2.24, 2.45) is 0 Å². The fraction of sp³-hybridized carbons (Fsp3) is 0.900. The molecule has 0 amide bonds. The molecule has 0 unspecified atom stereocenters. The molecule has 0 fully saturated rings. The van der Waals surface area contributed by atoms with Gasteiger partial charge in [0.25, 0.3) is 0 Å². The summed E-state index contributed by atoms with van der Waals surface area (Å²) in [5, 5.41) is 0. The molecule has 0 aromatic rings. The van der Waals surface area contributed by atoms with E-state index in [-0.39, 0.29) is 0 Å². The lowest BCUT2D eigenvalue weighted by Crippen LogP contribution is -2.00. The van der Waals surface area contributed by atoms with Gasteiger partial charge in [-0.05, 0) is 12.7 Å². The number of carbonyl (C=O) groups is 1. The van der Waals surface area contributed by atoms with E-state index in [0.717, 1.165) is 12.8 Å². The van der Waals surface area contributed by atoms with Crippen molar-refractivity contribution < 1.29 is 4.79 Å². The van der Waals surface area contributed by atoms with Crippen molar-refractivity contribution in [1.29, 1.82) is 0 Å². The summed E-state index contributed by atoms with van der Waals surface area (Å²) in [6, 6.07) is 0. The highest BCUT2D eigenvalue weighted by Gasteiger charge is 1.99. The van der Waals surface area contributed by atoms with Crippen LogP contribution in [0.2, 0.25) is 0 Å². The summed E-state index contributed by atoms with van der Waals surface area (Å²) in [4.78, 5) is 11.1. The lowest BCUT2D eigenvalue weighted by Gasteiger charge is -1.98. The van der Waals surface area contributed by atoms with Gasteiger partial charge in [-0.25, -0.2) is 0 Å². The Kier molecular flexibility index (Phi) is 9.13. The predicted molar refractivity (Wildman–Crippen MR) is 56.8 cm³/mol. The Morgan fingerprint density at radius 3 is 2.42 bits per heavy atom. The molecule has 0 aromatic carbocycles. The van der Waals surface area contributed by atoms with Gasteiger partial charge in [0.05, 0.1) is 5.75 Å². The minimum absolute atomic E-state index is 0.416. The van der Waals surface area contributed by atoms with Crippen LogP contribution in [0.25, 0.3) is 0 Å². The normalized spacial score (nSPS) is 10.2. The van der Waals surface area contributed by atoms with Crippen LogP contribution in [-0.2, 0) is 4.79 Å². The highest BCUT2D eigenvalue weighted by Crippen LogP contribution is 2.06. The van der Waals surface area contributed by atoms with Crippen LogP contribution in [-0.4, -0.2) is 17.8 Å². The lowest BCUT2D eigenvalue weighted by atomic mass is 10.1. The first-order chi connectivity index (χ1) is 5.81. The van der Waals surface area contributed by atoms with E-state index in [1.807, 2.05) is 6.26 Å². The minimum Gasteiger partial charge on any atom is -0.299 e. The van der Waals surface area contributed by atoms with Crippen molar-refractivity contribution in [3.8, 4) is 0 Å². The Bertz CT molecular complexity index is 112. The van der Waals surface area contributed by atoms with Gasteiger partial charge < -0.3 is 0 Å². The van der Waals surface area contributed by atoms with Gasteiger partial charge in [-0.3, -0.25) is 4.79 Å². The van der Waals surface area contributed by atoms with E-state index in [4.69, 9.17) is 0 Å². The molecule has 0 bridgehead atoms. The Morgan fingerprint density at radius 1 is 1.17 bits per heavy atom. The standard InChI is InChI=1S/C10H20OS/c1-3-4-5-6-7-8-10(11)9-12-2/h3-9H2,1-2H3. The van der Waals surface area contributed by atoms with Gasteiger partial charge in [0.15, 0.2) is 0 Å². The van der Waals surface area contributed by atoms with Crippen LogP contribution in [0.4, 0.5) is 0 Å². The van der Waals surface area contributed by atoms with E-state index in [2.05, 4.69) is 6.92 Å². The molecule has 0 aliphatic heterocycles. The molecule has 0 aromatic heterocycles. The Hall–Kier alpha value is 0.0200. The summed E-state index contributed by atoms with van der Waals surface area (Å²) in [7, 11) is 0. The molecule has 0 aliphatic rings. The van der Waals surface area contributed by atoms with Gasteiger partial charge in [-0.2, -0.15) is 11.8 Å². The molecule has 0 spiro atoms. The second-order valence-corrected chi connectivity index (χ2v) is 4.00. The van der Waals surface area contributed by atoms with Crippen molar-refractivity contribution in [3.63, 3.8) is 0 Å². The van der Waals surface area contributed by atoms with Crippen LogP contribution in [0.15, 0.2) is 0 Å². The zero-order valence-corrected chi connectivity index (χ0v) is 9.08. The molecule has 0 saturated carbocycles. The monoisotopic (exact) mass is 188 g/mol. The Balaban J connectivity index is 3.03. The summed E-state index contributed by atoms with van der Waals surface area (Å²) < 4.78 is 0. The van der Waals surface area contributed by atoms with Crippen molar-refractivity contribution in [1.82, 2.24) is 0 Å². The zero-order valence-electron chi connectivity index (χ0n) is 8.27. The number of hydrogen-bond donors (Lipinski definition) is 0. The Labute approximate surface area is 80.3 Å². The third-order valence-corrected chi connectivity index (χ3v) is 2.48. The summed E-state index contributed by atoms with van der Waals surface area (Å²) in [5.74, 6) is 1.12. The van der Waals surface area contributed by atoms with Crippen LogP contribution >= 0.6 is 11.8 Å². The quantitative estimate of drug-likeness (QED) is 0.544. The van der Waals surface area contributed by atoms with Crippen molar-refractivity contribution in [3.05, 3.63) is 0 Å². The highest BCUT2D eigenvalue weighted by molar-refractivity contribution is 7.99. The van der Waals surface area contributed by atoms with E-state index in [9.17, 15) is 4.79 Å². The van der Waals surface area contributed by atoms with Gasteiger partial charge >= 0.3 is 0 Å². The van der Waals surface area contributed by atoms with Crippen molar-refractivity contribution >= 4 is 17.5 Å². The fourth-order valence-electron chi connectivity index (χ4n) is 1.16. The fourth-order valence-corrected chi connectivity index (χ4v) is 1.63. The first kappa shape index (κ1) is 12.0. The molecule has 2 heteroatoms. The van der Waals surface area contributed by atoms with Crippen LogP contribution in [0.5, 0.6) is 0 Å². The number of carbonyl (C=O) groups excluding carboxylic acids is 1. The van der Waals surface area contributed by atoms with Gasteiger partial charge in [-0.1, -0.05) is 32.6 Å². The van der Waals surface area contributed by atoms with Gasteiger partial charge in [0.2, 0.25) is 0 Å². The molecular weight excluding hydrogens is 168 g/mol. The first-order valence-electron chi connectivity index (χ1n) is 4.82. The van der Waals surface area contributed by atoms with E-state index in [1.165, 1.54) is 25.7 Å². The van der Waals surface area contributed by atoms with E-state index in [0.29, 0.717) is 11.5 Å². The smallest absolute Gasteiger partial charge is 0.142 e. The maximum Gasteiger partial charge on any atom is 0.142 e. The number of hydrogen-bond acceptors (Lipinski definition) is 2. The average molecular weight is 188 g/mol. The predicted octanol–water partition coefficient (Wildman–Crippen LogP) is 3.28. The maximum absolute atomic E-state index is 11.1. The van der Waals surface area contributed by atoms with Gasteiger partial charge in [0.1, 0.15) is 5.78 Å². The van der Waals surface area contributed by atoms with E-state index < -0.39 is 0 Å². The Morgan fingerprint density at radius 2 is 1.83 bits per heavy atom. The van der Waals surface area contributed by atoms with Gasteiger partial charge in [0, 0.05) is 6.42 Å². The minimum atomic E-state index is 0.416. The second-order valence-electron chi connectivity index (χ2n) is 3.14. The summed E-state index contributed by atoms with van der Waals surface area (Å²) >= 11 is 1.63. The molecule has 0 N–H and O–H groups in total. The molecule has 0 radical (unpaired) electrons. The zero-order chi connectivity index (χ0) is 9.23. The number of ketones is 1. The molecular formula is C10H20OS. The topological polar surface area (TPSA) is 17.1 Å². The number of rotatable bonds is 8. The molecule has 12 heavy (non-hydrogen) atoms. The summed E-state index contributed by atoms with van der Waals surface area (Å²) in [6.07, 6.45) is 8.99. The van der Waals surface area contributed by atoms with Crippen LogP contribution in [0.3, 0.4) is 0 Å². The third kappa shape index (κ3) is 8.12. The van der Waals surface area contributed by atoms with Crippen LogP contribution in [0.1, 0.15) is 45.4 Å². The van der Waals surface area contributed by atoms with E-state index in [1.54, 1.807) is 11.8 Å². The highest BCUT2D eigenvalue weighted by atomic mass is 32.2. The average Bonchev–Trinajstić information content (AvgIpc) is 2.05. The van der Waals surface area contributed by atoms with Crippen molar-refractivity contribution in [2.45, 2.75) is 45.4 Å². The molecule has 1 nitrogen and oxygen atoms in total. The third-order valence-electron chi connectivity index (χ3n) is 1.86. The molecule has 0 saturated heterocycles. The number of Topliss-reactive ketones (excluding diaryl/α,β-unsaturated/α-hetero) is 1. The largest absolute Gasteiger partial charge is 0.299 e. The molecule has 0 rings (SSSR count). The number of unbranched alkanes of at least 4 members (excludes halogenated alkanes) is 4. The molecule has 0 atom stereocenters. The van der Waals surface area contributed by atoms with Crippen molar-refractivity contribution in [2.75, 3.05) is 12.0 Å². The van der Waals surface area contributed by atoms with Crippen LogP contribution in [0, 0.1) is 0 Å². The first-order valence-corrected chi connectivity index (χ1v) is 6.21. The maximum atomic E-state index is 11.1. The van der Waals surface area contributed by atoms with Crippen LogP contribution < -0.4 is 0 Å². The molecule has 72 valence electrons. The van der Waals surface area contributed by atoms with Gasteiger partial charge in [-0.15, -0.1) is 0 Å². The SMILES string of the molecule is CCCCCCCC(=O)CSC. The summed E-state index contributed by atoms with van der Waals surface area (Å²) in [5.41, 5.74) is 0. The lowest BCUT2D eigenvalue weighted by molar-refractivity contribution is -0.116. The number of thioether (sulfide) groups is 1. The van der Waals surface area contributed by atoms with E-state index >= 15 is 0 Å². The summed E-state index contributed by atoms with van der Waals surface area (Å²) in [6.45, 7) is 2.21. The molecule has 0 heterocycles.